The molecule has 25 heavy (non-hydrogen) atoms. The molecule has 7 heteroatoms. The fourth-order valence-electron chi connectivity index (χ4n) is 2.21. The van der Waals surface area contributed by atoms with E-state index in [4.69, 9.17) is 4.74 Å². The summed E-state index contributed by atoms with van der Waals surface area (Å²) >= 11 is 0. The molecule has 0 spiro atoms. The first kappa shape index (κ1) is 16.6. The molecule has 3 aromatic rings. The number of hydrogen-bond donors (Lipinski definition) is 1. The van der Waals surface area contributed by atoms with Crippen LogP contribution in [-0.2, 0) is 6.54 Å². The Morgan fingerprint density at radius 2 is 2.12 bits per heavy atom. The molecule has 0 aliphatic rings. The Hall–Kier alpha value is -3.22. The van der Waals surface area contributed by atoms with Gasteiger partial charge in [-0.15, -0.1) is 0 Å². The number of imidazole rings is 1. The fourth-order valence-corrected chi connectivity index (χ4v) is 2.21. The Balaban J connectivity index is 1.62. The molecule has 128 valence electrons. The van der Waals surface area contributed by atoms with Crippen molar-refractivity contribution in [3.8, 4) is 11.7 Å². The van der Waals surface area contributed by atoms with Crippen LogP contribution in [0.2, 0.25) is 0 Å². The molecule has 3 aromatic heterocycles. The lowest BCUT2D eigenvalue weighted by Gasteiger charge is -2.10. The maximum absolute atomic E-state index is 12.3. The Morgan fingerprint density at radius 3 is 2.80 bits per heavy atom. The monoisotopic (exact) mass is 337 g/mol. The fraction of sp³-hybridized carbons (Fsp3) is 0.222. The maximum Gasteiger partial charge on any atom is 0.251 e. The van der Waals surface area contributed by atoms with Gasteiger partial charge in [0.2, 0.25) is 5.88 Å². The van der Waals surface area contributed by atoms with Gasteiger partial charge in [-0.25, -0.2) is 15.0 Å². The van der Waals surface area contributed by atoms with Crippen LogP contribution in [0, 0.1) is 0 Å². The first-order valence-electron chi connectivity index (χ1n) is 7.96. The highest BCUT2D eigenvalue weighted by molar-refractivity contribution is 5.94. The third-order valence-electron chi connectivity index (χ3n) is 3.38. The summed E-state index contributed by atoms with van der Waals surface area (Å²) in [6.45, 7) is 4.28. The molecular formula is C18H19N5O2. The van der Waals surface area contributed by atoms with Gasteiger partial charge in [0.05, 0.1) is 6.10 Å². The number of aromatic nitrogens is 4. The van der Waals surface area contributed by atoms with Crippen molar-refractivity contribution in [2.45, 2.75) is 26.5 Å². The van der Waals surface area contributed by atoms with Gasteiger partial charge >= 0.3 is 0 Å². The lowest BCUT2D eigenvalue weighted by molar-refractivity contribution is 0.0950. The van der Waals surface area contributed by atoms with Gasteiger partial charge in [-0.1, -0.05) is 6.07 Å². The van der Waals surface area contributed by atoms with Crippen molar-refractivity contribution in [2.24, 2.45) is 0 Å². The first-order chi connectivity index (χ1) is 12.1. The van der Waals surface area contributed by atoms with Crippen LogP contribution in [0.1, 0.15) is 29.8 Å². The summed E-state index contributed by atoms with van der Waals surface area (Å²) in [5, 5.41) is 2.88. The second-order valence-electron chi connectivity index (χ2n) is 5.73. The summed E-state index contributed by atoms with van der Waals surface area (Å²) < 4.78 is 7.24. The molecule has 0 aromatic carbocycles. The summed E-state index contributed by atoms with van der Waals surface area (Å²) in [6.07, 6.45) is 8.45. The predicted molar refractivity (Wildman–Crippen MR) is 92.5 cm³/mol. The average Bonchev–Trinajstić information content (AvgIpc) is 3.15. The van der Waals surface area contributed by atoms with Crippen LogP contribution in [0.3, 0.4) is 0 Å². The summed E-state index contributed by atoms with van der Waals surface area (Å²) in [4.78, 5) is 24.8. The minimum absolute atomic E-state index is 0.0782. The molecule has 0 radical (unpaired) electrons. The van der Waals surface area contributed by atoms with Crippen molar-refractivity contribution in [2.75, 3.05) is 0 Å². The van der Waals surface area contributed by atoms with E-state index in [2.05, 4.69) is 20.3 Å². The smallest absolute Gasteiger partial charge is 0.251 e. The Kier molecular flexibility index (Phi) is 5.03. The van der Waals surface area contributed by atoms with Gasteiger partial charge in [-0.3, -0.25) is 9.36 Å². The first-order valence-corrected chi connectivity index (χ1v) is 7.96. The summed E-state index contributed by atoms with van der Waals surface area (Å²) in [6, 6.07) is 7.07. The Labute approximate surface area is 145 Å². The van der Waals surface area contributed by atoms with Crippen LogP contribution in [-0.4, -0.2) is 31.5 Å². The molecule has 0 atom stereocenters. The molecule has 3 heterocycles. The van der Waals surface area contributed by atoms with Crippen molar-refractivity contribution < 1.29 is 9.53 Å². The van der Waals surface area contributed by atoms with Crippen LogP contribution < -0.4 is 10.1 Å². The molecule has 7 nitrogen and oxygen atoms in total. The van der Waals surface area contributed by atoms with Crippen LogP contribution in [0.15, 0.2) is 55.4 Å². The van der Waals surface area contributed by atoms with Crippen molar-refractivity contribution in [3.63, 3.8) is 0 Å². The van der Waals surface area contributed by atoms with Crippen molar-refractivity contribution in [1.82, 2.24) is 24.8 Å². The molecule has 0 aliphatic heterocycles. The third kappa shape index (κ3) is 4.41. The second kappa shape index (κ2) is 7.57. The molecule has 1 amide bonds. The number of amides is 1. The average molecular weight is 337 g/mol. The number of rotatable bonds is 6. The van der Waals surface area contributed by atoms with Crippen LogP contribution in [0.5, 0.6) is 5.88 Å². The van der Waals surface area contributed by atoms with E-state index in [0.29, 0.717) is 23.8 Å². The number of nitrogens with zero attached hydrogens (tertiary/aromatic N) is 4. The van der Waals surface area contributed by atoms with Crippen LogP contribution in [0.25, 0.3) is 5.82 Å². The van der Waals surface area contributed by atoms with Gasteiger partial charge in [-0.2, -0.15) is 0 Å². The highest BCUT2D eigenvalue weighted by Crippen LogP contribution is 2.10. The molecular weight excluding hydrogens is 318 g/mol. The van der Waals surface area contributed by atoms with Crippen LogP contribution >= 0.6 is 0 Å². The van der Waals surface area contributed by atoms with E-state index in [1.54, 1.807) is 53.9 Å². The van der Waals surface area contributed by atoms with Gasteiger partial charge < -0.3 is 10.1 Å². The SMILES string of the molecule is CC(C)Oc1ccc(CNC(=O)c2ccnc(-n3ccnc3)c2)cn1. The van der Waals surface area contributed by atoms with Crippen LogP contribution in [0.4, 0.5) is 0 Å². The van der Waals surface area contributed by atoms with Crippen molar-refractivity contribution in [1.29, 1.82) is 0 Å². The van der Waals surface area contributed by atoms with E-state index >= 15 is 0 Å². The van der Waals surface area contributed by atoms with E-state index in [9.17, 15) is 4.79 Å². The summed E-state index contributed by atoms with van der Waals surface area (Å²) in [7, 11) is 0. The quantitative estimate of drug-likeness (QED) is 0.747. The third-order valence-corrected chi connectivity index (χ3v) is 3.38. The topological polar surface area (TPSA) is 81.9 Å². The second-order valence-corrected chi connectivity index (χ2v) is 5.73. The highest BCUT2D eigenvalue weighted by Gasteiger charge is 2.08. The highest BCUT2D eigenvalue weighted by atomic mass is 16.5. The number of hydrogen-bond acceptors (Lipinski definition) is 5. The summed E-state index contributed by atoms with van der Waals surface area (Å²) in [5.74, 6) is 1.04. The number of pyridine rings is 2. The van der Waals surface area contributed by atoms with E-state index in [1.807, 2.05) is 19.9 Å². The molecule has 0 unspecified atom stereocenters. The summed E-state index contributed by atoms with van der Waals surface area (Å²) in [5.41, 5.74) is 1.43. The molecule has 0 bridgehead atoms. The van der Waals surface area contributed by atoms with Crippen molar-refractivity contribution >= 4 is 5.91 Å². The van der Waals surface area contributed by atoms with E-state index in [-0.39, 0.29) is 12.0 Å². The van der Waals surface area contributed by atoms with E-state index < -0.39 is 0 Å². The van der Waals surface area contributed by atoms with Gasteiger partial charge in [0.25, 0.3) is 5.91 Å². The molecule has 1 N–H and O–H groups in total. The lowest BCUT2D eigenvalue weighted by atomic mass is 10.2. The van der Waals surface area contributed by atoms with Crippen molar-refractivity contribution in [3.05, 3.63) is 66.5 Å². The standard InChI is InChI=1S/C18H19N5O2/c1-13(2)25-17-4-3-14(10-21-17)11-22-18(24)15-5-6-20-16(9-15)23-8-7-19-12-23/h3-10,12-13H,11H2,1-2H3,(H,22,24). The number of carbonyl (C=O) groups is 1. The zero-order valence-electron chi connectivity index (χ0n) is 14.1. The molecule has 3 rings (SSSR count). The molecule has 0 aliphatic carbocycles. The molecule has 0 fully saturated rings. The number of ether oxygens (including phenoxy) is 1. The largest absolute Gasteiger partial charge is 0.475 e. The van der Waals surface area contributed by atoms with Gasteiger partial charge in [0.1, 0.15) is 12.1 Å². The minimum Gasteiger partial charge on any atom is -0.475 e. The Morgan fingerprint density at radius 1 is 1.24 bits per heavy atom. The molecule has 0 saturated heterocycles. The predicted octanol–water partition coefficient (Wildman–Crippen LogP) is 2.38. The molecule has 0 saturated carbocycles. The number of carbonyl (C=O) groups excluding carboxylic acids is 1. The normalized spacial score (nSPS) is 10.7. The minimum atomic E-state index is -0.175. The number of nitrogens with one attached hydrogen (secondary N) is 1. The van der Waals surface area contributed by atoms with Gasteiger partial charge in [0.15, 0.2) is 0 Å². The zero-order chi connectivity index (χ0) is 17.6. The lowest BCUT2D eigenvalue weighted by Crippen LogP contribution is -2.23. The van der Waals surface area contributed by atoms with E-state index in [0.717, 1.165) is 5.56 Å². The van der Waals surface area contributed by atoms with Gasteiger partial charge in [-0.05, 0) is 31.5 Å². The zero-order valence-corrected chi connectivity index (χ0v) is 14.1. The van der Waals surface area contributed by atoms with Gasteiger partial charge in [0, 0.05) is 43.0 Å². The van der Waals surface area contributed by atoms with E-state index in [1.165, 1.54) is 0 Å². The maximum atomic E-state index is 12.3. The Bertz CT molecular complexity index is 829.